The van der Waals surface area contributed by atoms with Gasteiger partial charge in [-0.25, -0.2) is 4.99 Å². The average Bonchev–Trinajstić information content (AvgIpc) is 3.18. The third-order valence-corrected chi connectivity index (χ3v) is 5.23. The topological polar surface area (TPSA) is 35.8 Å². The fourth-order valence-corrected chi connectivity index (χ4v) is 3.87. The van der Waals surface area contributed by atoms with E-state index in [2.05, 4.69) is 22.1 Å². The molecule has 1 aromatic heterocycles. The molecule has 0 spiro atoms. The summed E-state index contributed by atoms with van der Waals surface area (Å²) >= 11 is 1.61. The Bertz CT molecular complexity index is 1110. The first-order valence-electron chi connectivity index (χ1n) is 8.87. The maximum absolute atomic E-state index is 5.31. The molecule has 0 amide bonds. The summed E-state index contributed by atoms with van der Waals surface area (Å²) in [5.41, 5.74) is 4.16. The third-order valence-electron chi connectivity index (χ3n) is 4.41. The van der Waals surface area contributed by atoms with Crippen molar-refractivity contribution in [2.45, 2.75) is 0 Å². The number of hydrogen-bond donors (Lipinski definition) is 0. The molecule has 3 aromatic carbocycles. The Labute approximate surface area is 168 Å². The highest BCUT2D eigenvalue weighted by Crippen LogP contribution is 2.25. The first kappa shape index (κ1) is 18.1. The van der Waals surface area contributed by atoms with Crippen LogP contribution in [0.5, 0.6) is 11.5 Å². The van der Waals surface area contributed by atoms with Crippen LogP contribution in [-0.2, 0) is 0 Å². The molecular weight excluding hydrogens is 368 g/mol. The number of hydrogen-bond acceptors (Lipinski definition) is 4. The number of nitrogens with zero attached hydrogens (tertiary/aromatic N) is 2. The average molecular weight is 388 g/mol. The second-order valence-electron chi connectivity index (χ2n) is 6.11. The molecular formula is C23H20N2O2S. The van der Waals surface area contributed by atoms with Crippen molar-refractivity contribution in [3.8, 4) is 28.4 Å². The summed E-state index contributed by atoms with van der Waals surface area (Å²) in [5, 5.41) is 2.14. The van der Waals surface area contributed by atoms with Gasteiger partial charge in [0.15, 0.2) is 4.80 Å². The normalized spacial score (nSPS) is 11.4. The highest BCUT2D eigenvalue weighted by Gasteiger charge is 2.10. The van der Waals surface area contributed by atoms with Gasteiger partial charge in [0.25, 0.3) is 0 Å². The van der Waals surface area contributed by atoms with Crippen LogP contribution >= 0.6 is 11.3 Å². The summed E-state index contributed by atoms with van der Waals surface area (Å²) in [6.45, 7) is 0. The summed E-state index contributed by atoms with van der Waals surface area (Å²) < 4.78 is 12.7. The van der Waals surface area contributed by atoms with Gasteiger partial charge in [-0.3, -0.25) is 4.57 Å². The van der Waals surface area contributed by atoms with Crippen LogP contribution in [0.1, 0.15) is 0 Å². The number of thiazole rings is 1. The maximum Gasteiger partial charge on any atom is 0.195 e. The van der Waals surface area contributed by atoms with Crippen molar-refractivity contribution in [2.24, 2.45) is 4.99 Å². The van der Waals surface area contributed by atoms with E-state index < -0.39 is 0 Å². The maximum atomic E-state index is 5.31. The Morgan fingerprint density at radius 2 is 1.36 bits per heavy atom. The Morgan fingerprint density at radius 1 is 0.750 bits per heavy atom. The van der Waals surface area contributed by atoms with E-state index in [0.29, 0.717) is 0 Å². The molecule has 0 N–H and O–H groups in total. The van der Waals surface area contributed by atoms with Crippen LogP contribution in [0.4, 0.5) is 5.69 Å². The van der Waals surface area contributed by atoms with Gasteiger partial charge in [-0.15, -0.1) is 11.3 Å². The van der Waals surface area contributed by atoms with Crippen molar-refractivity contribution in [3.05, 3.63) is 89.0 Å². The Hall–Kier alpha value is -3.31. The molecule has 140 valence electrons. The third kappa shape index (κ3) is 3.70. The van der Waals surface area contributed by atoms with E-state index in [1.165, 1.54) is 0 Å². The summed E-state index contributed by atoms with van der Waals surface area (Å²) in [7, 11) is 3.34. The molecule has 4 nitrogen and oxygen atoms in total. The predicted molar refractivity (Wildman–Crippen MR) is 114 cm³/mol. The van der Waals surface area contributed by atoms with Gasteiger partial charge >= 0.3 is 0 Å². The van der Waals surface area contributed by atoms with Crippen molar-refractivity contribution >= 4 is 17.0 Å². The van der Waals surface area contributed by atoms with Crippen LogP contribution in [0, 0.1) is 0 Å². The fraction of sp³-hybridized carbons (Fsp3) is 0.0870. The van der Waals surface area contributed by atoms with E-state index in [1.54, 1.807) is 25.6 Å². The van der Waals surface area contributed by atoms with Crippen molar-refractivity contribution in [2.75, 3.05) is 14.2 Å². The van der Waals surface area contributed by atoms with Gasteiger partial charge < -0.3 is 9.47 Å². The fourth-order valence-electron chi connectivity index (χ4n) is 2.95. The van der Waals surface area contributed by atoms with E-state index in [1.807, 2.05) is 66.7 Å². The molecule has 0 aliphatic rings. The van der Waals surface area contributed by atoms with Crippen molar-refractivity contribution in [3.63, 3.8) is 0 Å². The number of rotatable bonds is 5. The number of methoxy groups -OCH3 is 2. The Morgan fingerprint density at radius 3 is 1.96 bits per heavy atom. The summed E-state index contributed by atoms with van der Waals surface area (Å²) in [6.07, 6.45) is 0. The lowest BCUT2D eigenvalue weighted by molar-refractivity contribution is 0.414. The minimum absolute atomic E-state index is 0.818. The van der Waals surface area contributed by atoms with Crippen LogP contribution in [0.15, 0.2) is 89.2 Å². The van der Waals surface area contributed by atoms with Gasteiger partial charge in [0.1, 0.15) is 11.5 Å². The van der Waals surface area contributed by atoms with Crippen LogP contribution in [0.2, 0.25) is 0 Å². The van der Waals surface area contributed by atoms with Crippen molar-refractivity contribution in [1.82, 2.24) is 4.57 Å². The zero-order chi connectivity index (χ0) is 19.3. The molecule has 0 aliphatic heterocycles. The SMILES string of the molecule is COc1ccc(N=c2scc(-c3ccccc3)n2-c2ccc(OC)cc2)cc1. The minimum atomic E-state index is 0.818. The van der Waals surface area contributed by atoms with Crippen molar-refractivity contribution in [1.29, 1.82) is 0 Å². The van der Waals surface area contributed by atoms with E-state index in [0.717, 1.165) is 38.9 Å². The molecule has 1 heterocycles. The molecule has 4 aromatic rings. The largest absolute Gasteiger partial charge is 0.497 e. The highest BCUT2D eigenvalue weighted by molar-refractivity contribution is 7.07. The number of benzene rings is 3. The zero-order valence-corrected chi connectivity index (χ0v) is 16.5. The van der Waals surface area contributed by atoms with E-state index in [4.69, 9.17) is 14.5 Å². The molecule has 5 heteroatoms. The minimum Gasteiger partial charge on any atom is -0.497 e. The number of ether oxygens (including phenoxy) is 2. The van der Waals surface area contributed by atoms with Crippen LogP contribution < -0.4 is 14.3 Å². The monoisotopic (exact) mass is 388 g/mol. The second-order valence-corrected chi connectivity index (χ2v) is 6.95. The number of aromatic nitrogens is 1. The quantitative estimate of drug-likeness (QED) is 0.455. The van der Waals surface area contributed by atoms with Crippen LogP contribution in [0.3, 0.4) is 0 Å². The zero-order valence-electron chi connectivity index (χ0n) is 15.7. The van der Waals surface area contributed by atoms with Gasteiger partial charge in [-0.1, -0.05) is 30.3 Å². The standard InChI is InChI=1S/C23H20N2O2S/c1-26-20-12-8-18(9-13-20)24-23-25(19-10-14-21(27-2)15-11-19)22(16-28-23)17-6-4-3-5-7-17/h3-16H,1-2H3. The lowest BCUT2D eigenvalue weighted by atomic mass is 10.1. The molecule has 0 saturated heterocycles. The molecule has 0 unspecified atom stereocenters. The van der Waals surface area contributed by atoms with Crippen LogP contribution in [0.25, 0.3) is 16.9 Å². The summed E-state index contributed by atoms with van der Waals surface area (Å²) in [6, 6.07) is 26.1. The highest BCUT2D eigenvalue weighted by atomic mass is 32.1. The molecule has 28 heavy (non-hydrogen) atoms. The van der Waals surface area contributed by atoms with E-state index in [-0.39, 0.29) is 0 Å². The lowest BCUT2D eigenvalue weighted by Crippen LogP contribution is -2.13. The molecule has 0 aliphatic carbocycles. The second kappa shape index (κ2) is 8.15. The van der Waals surface area contributed by atoms with Crippen molar-refractivity contribution < 1.29 is 9.47 Å². The molecule has 0 radical (unpaired) electrons. The molecule has 0 atom stereocenters. The van der Waals surface area contributed by atoms with Gasteiger partial charge in [0, 0.05) is 11.1 Å². The summed E-state index contributed by atoms with van der Waals surface area (Å²) in [5.74, 6) is 1.65. The molecule has 4 rings (SSSR count). The predicted octanol–water partition coefficient (Wildman–Crippen LogP) is 5.46. The molecule has 0 saturated carbocycles. The Kier molecular flexibility index (Phi) is 5.26. The molecule has 0 bridgehead atoms. The first-order chi connectivity index (χ1) is 13.8. The van der Waals surface area contributed by atoms with Gasteiger partial charge in [-0.2, -0.15) is 0 Å². The Balaban J connectivity index is 1.88. The van der Waals surface area contributed by atoms with Gasteiger partial charge in [0.2, 0.25) is 0 Å². The van der Waals surface area contributed by atoms with Gasteiger partial charge in [0.05, 0.1) is 25.6 Å². The first-order valence-corrected chi connectivity index (χ1v) is 9.75. The lowest BCUT2D eigenvalue weighted by Gasteiger charge is -2.10. The van der Waals surface area contributed by atoms with E-state index >= 15 is 0 Å². The van der Waals surface area contributed by atoms with Crippen LogP contribution in [-0.4, -0.2) is 18.8 Å². The smallest absolute Gasteiger partial charge is 0.195 e. The van der Waals surface area contributed by atoms with Gasteiger partial charge in [-0.05, 0) is 54.1 Å². The molecule has 0 fully saturated rings. The van der Waals surface area contributed by atoms with E-state index in [9.17, 15) is 0 Å². The summed E-state index contributed by atoms with van der Waals surface area (Å²) in [4.78, 5) is 5.77.